The lowest BCUT2D eigenvalue weighted by Gasteiger charge is -2.07. The highest BCUT2D eigenvalue weighted by molar-refractivity contribution is 5.67. The van der Waals surface area contributed by atoms with Crippen molar-refractivity contribution in [3.8, 4) is 5.88 Å². The fourth-order valence-corrected chi connectivity index (χ4v) is 2.07. The molecule has 102 valence electrons. The Morgan fingerprint density at radius 3 is 2.80 bits per heavy atom. The zero-order chi connectivity index (χ0) is 14.1. The number of fused-ring (bicyclic) bond motifs is 1. The predicted molar refractivity (Wildman–Crippen MR) is 76.8 cm³/mol. The van der Waals surface area contributed by atoms with Crippen LogP contribution in [0.5, 0.6) is 5.88 Å². The van der Waals surface area contributed by atoms with E-state index in [9.17, 15) is 4.79 Å². The minimum Gasteiger partial charge on any atom is -0.475 e. The minimum absolute atomic E-state index is 0.0136. The average molecular weight is 269 g/mol. The molecule has 0 radical (unpaired) electrons. The Bertz CT molecular complexity index is 803. The van der Waals surface area contributed by atoms with Gasteiger partial charge in [-0.15, -0.1) is 0 Å². The SMILES string of the molecule is CC(C)Oc1[nH][nH]c(=O)c1C=C1C=c2ccccc2=N1. The maximum Gasteiger partial charge on any atom is 0.275 e. The molecule has 0 unspecified atom stereocenters. The van der Waals surface area contributed by atoms with Gasteiger partial charge in [0.15, 0.2) is 0 Å². The highest BCUT2D eigenvalue weighted by Crippen LogP contribution is 2.17. The lowest BCUT2D eigenvalue weighted by Crippen LogP contribution is -2.19. The van der Waals surface area contributed by atoms with E-state index in [2.05, 4.69) is 15.2 Å². The van der Waals surface area contributed by atoms with Crippen LogP contribution in [0.3, 0.4) is 0 Å². The van der Waals surface area contributed by atoms with Gasteiger partial charge in [0.05, 0.1) is 17.2 Å². The lowest BCUT2D eigenvalue weighted by atomic mass is 10.2. The second kappa shape index (κ2) is 4.85. The van der Waals surface area contributed by atoms with Gasteiger partial charge >= 0.3 is 0 Å². The maximum absolute atomic E-state index is 11.8. The summed E-state index contributed by atoms with van der Waals surface area (Å²) in [6.45, 7) is 3.81. The van der Waals surface area contributed by atoms with Crippen LogP contribution in [0.15, 0.2) is 39.7 Å². The normalized spacial score (nSPS) is 15.1. The van der Waals surface area contributed by atoms with Gasteiger partial charge in [0.2, 0.25) is 5.88 Å². The molecule has 0 bridgehead atoms. The van der Waals surface area contributed by atoms with Crippen molar-refractivity contribution < 1.29 is 4.74 Å². The summed E-state index contributed by atoms with van der Waals surface area (Å²) in [5.74, 6) is 0.442. The van der Waals surface area contributed by atoms with E-state index < -0.39 is 0 Å². The standard InChI is InChI=1S/C15H15N3O2/c1-9(2)20-15-12(14(19)17-18-15)8-11-7-10-5-3-4-6-13(10)16-11/h3-9H,1-2H3,(H2,17,18,19). The molecule has 1 aliphatic rings. The van der Waals surface area contributed by atoms with Crippen molar-refractivity contribution in [1.82, 2.24) is 10.2 Å². The van der Waals surface area contributed by atoms with Crippen LogP contribution in [0, 0.1) is 0 Å². The number of H-pyrrole nitrogens is 2. The van der Waals surface area contributed by atoms with E-state index in [-0.39, 0.29) is 11.7 Å². The Morgan fingerprint density at radius 1 is 1.25 bits per heavy atom. The number of hydrogen-bond acceptors (Lipinski definition) is 3. The number of allylic oxidation sites excluding steroid dienone is 1. The molecule has 0 saturated carbocycles. The number of nitrogens with zero attached hydrogens (tertiary/aromatic N) is 1. The van der Waals surface area contributed by atoms with Gasteiger partial charge in [-0.1, -0.05) is 18.2 Å². The highest BCUT2D eigenvalue weighted by Gasteiger charge is 2.12. The molecule has 1 aromatic carbocycles. The number of aromatic amines is 2. The van der Waals surface area contributed by atoms with Crippen LogP contribution in [-0.4, -0.2) is 16.3 Å². The van der Waals surface area contributed by atoms with E-state index in [0.29, 0.717) is 11.4 Å². The molecule has 0 amide bonds. The first-order valence-corrected chi connectivity index (χ1v) is 6.48. The molecule has 0 fully saturated rings. The molecule has 2 N–H and O–H groups in total. The van der Waals surface area contributed by atoms with Gasteiger partial charge in [-0.2, -0.15) is 0 Å². The fraction of sp³-hybridized carbons (Fsp3) is 0.200. The first-order valence-electron chi connectivity index (χ1n) is 6.48. The summed E-state index contributed by atoms with van der Waals surface area (Å²) in [7, 11) is 0. The monoisotopic (exact) mass is 269 g/mol. The third-order valence-corrected chi connectivity index (χ3v) is 2.91. The summed E-state index contributed by atoms with van der Waals surface area (Å²) in [5.41, 5.74) is 0.985. The van der Waals surface area contributed by atoms with Gasteiger partial charge in [0.1, 0.15) is 5.56 Å². The first-order chi connectivity index (χ1) is 9.63. The van der Waals surface area contributed by atoms with Crippen molar-refractivity contribution in [2.45, 2.75) is 20.0 Å². The van der Waals surface area contributed by atoms with E-state index >= 15 is 0 Å². The molecule has 0 atom stereocenters. The molecule has 5 nitrogen and oxygen atoms in total. The molecule has 1 aromatic heterocycles. The first kappa shape index (κ1) is 12.5. The summed E-state index contributed by atoms with van der Waals surface area (Å²) in [6.07, 6.45) is 3.66. The van der Waals surface area contributed by atoms with E-state index in [1.54, 1.807) is 6.08 Å². The van der Waals surface area contributed by atoms with Crippen molar-refractivity contribution in [2.75, 3.05) is 0 Å². The number of rotatable bonds is 3. The fourth-order valence-electron chi connectivity index (χ4n) is 2.07. The van der Waals surface area contributed by atoms with E-state index in [1.165, 1.54) is 0 Å². The zero-order valence-electron chi connectivity index (χ0n) is 11.3. The molecule has 1 aliphatic heterocycles. The van der Waals surface area contributed by atoms with Crippen LogP contribution in [0.4, 0.5) is 0 Å². The molecular weight excluding hydrogens is 254 g/mol. The second-order valence-electron chi connectivity index (χ2n) is 4.87. The Labute approximate surface area is 115 Å². The van der Waals surface area contributed by atoms with E-state index in [4.69, 9.17) is 4.74 Å². The van der Waals surface area contributed by atoms with Gasteiger partial charge in [-0.05, 0) is 32.1 Å². The van der Waals surface area contributed by atoms with Gasteiger partial charge < -0.3 is 4.74 Å². The average Bonchev–Trinajstić information content (AvgIpc) is 2.95. The van der Waals surface area contributed by atoms with Gasteiger partial charge in [-0.25, -0.2) is 4.99 Å². The molecule has 2 aromatic rings. The van der Waals surface area contributed by atoms with Crippen LogP contribution >= 0.6 is 0 Å². The summed E-state index contributed by atoms with van der Waals surface area (Å²) in [5, 5.41) is 7.24. The third kappa shape index (κ3) is 2.30. The van der Waals surface area contributed by atoms with Crippen LogP contribution in [0.1, 0.15) is 19.4 Å². The quantitative estimate of drug-likeness (QED) is 0.870. The number of nitrogens with one attached hydrogen (secondary N) is 2. The number of ether oxygens (including phenoxy) is 1. The van der Waals surface area contributed by atoms with Crippen LogP contribution in [-0.2, 0) is 0 Å². The lowest BCUT2D eigenvalue weighted by molar-refractivity contribution is 0.232. The number of aromatic nitrogens is 2. The number of hydrogen-bond donors (Lipinski definition) is 2. The van der Waals surface area contributed by atoms with Crippen molar-refractivity contribution in [2.24, 2.45) is 4.99 Å². The van der Waals surface area contributed by atoms with Crippen molar-refractivity contribution in [3.63, 3.8) is 0 Å². The Morgan fingerprint density at radius 2 is 2.05 bits per heavy atom. The minimum atomic E-state index is -0.215. The van der Waals surface area contributed by atoms with Crippen molar-refractivity contribution in [1.29, 1.82) is 0 Å². The topological polar surface area (TPSA) is 70.2 Å². The number of benzene rings is 1. The summed E-state index contributed by atoms with van der Waals surface area (Å²) in [6, 6.07) is 7.84. The molecule has 5 heteroatoms. The Hall–Kier alpha value is -2.56. The predicted octanol–water partition coefficient (Wildman–Crippen LogP) is 0.945. The van der Waals surface area contributed by atoms with Crippen molar-refractivity contribution in [3.05, 3.63) is 56.5 Å². The zero-order valence-corrected chi connectivity index (χ0v) is 11.3. The Kier molecular flexibility index (Phi) is 3.02. The van der Waals surface area contributed by atoms with Crippen LogP contribution < -0.4 is 20.9 Å². The summed E-state index contributed by atoms with van der Waals surface area (Å²) in [4.78, 5) is 16.3. The molecule has 3 rings (SSSR count). The Balaban J connectivity index is 2.04. The van der Waals surface area contributed by atoms with E-state index in [1.807, 2.05) is 44.2 Å². The molecule has 0 aliphatic carbocycles. The summed E-state index contributed by atoms with van der Waals surface area (Å²) < 4.78 is 5.57. The van der Waals surface area contributed by atoms with Gasteiger partial charge in [-0.3, -0.25) is 15.0 Å². The molecule has 2 heterocycles. The molecule has 20 heavy (non-hydrogen) atoms. The van der Waals surface area contributed by atoms with Gasteiger partial charge in [0, 0.05) is 5.22 Å². The van der Waals surface area contributed by atoms with E-state index in [0.717, 1.165) is 16.3 Å². The van der Waals surface area contributed by atoms with Gasteiger partial charge in [0.25, 0.3) is 5.56 Å². The number of para-hydroxylation sites is 1. The smallest absolute Gasteiger partial charge is 0.275 e. The van der Waals surface area contributed by atoms with Crippen LogP contribution in [0.2, 0.25) is 0 Å². The maximum atomic E-state index is 11.8. The third-order valence-electron chi connectivity index (χ3n) is 2.91. The largest absolute Gasteiger partial charge is 0.475 e. The van der Waals surface area contributed by atoms with Crippen LogP contribution in [0.25, 0.3) is 12.2 Å². The molecular formula is C15H15N3O2. The highest BCUT2D eigenvalue weighted by atomic mass is 16.5. The summed E-state index contributed by atoms with van der Waals surface area (Å²) >= 11 is 0. The van der Waals surface area contributed by atoms with Crippen molar-refractivity contribution >= 4 is 12.2 Å². The molecule has 0 spiro atoms. The molecule has 0 saturated heterocycles. The second-order valence-corrected chi connectivity index (χ2v) is 4.87.